The zero-order valence-corrected chi connectivity index (χ0v) is 18.0. The quantitative estimate of drug-likeness (QED) is 0.172. The van der Waals surface area contributed by atoms with E-state index >= 15 is 0 Å². The van der Waals surface area contributed by atoms with Crippen molar-refractivity contribution >= 4 is 25.3 Å². The Morgan fingerprint density at radius 1 is 1.09 bits per heavy atom. The minimum atomic E-state index is -4.63. The number of rotatable bonds is 11. The first-order valence-electron chi connectivity index (χ1n) is 9.47. The third-order valence-corrected chi connectivity index (χ3v) is 4.50. The van der Waals surface area contributed by atoms with Gasteiger partial charge >= 0.3 is 20.4 Å². The van der Waals surface area contributed by atoms with E-state index < -0.39 is 26.1 Å². The topological polar surface area (TPSA) is 139 Å². The molecule has 0 bridgehead atoms. The van der Waals surface area contributed by atoms with Crippen LogP contribution in [-0.4, -0.2) is 50.4 Å². The molecule has 34 heavy (non-hydrogen) atoms. The van der Waals surface area contributed by atoms with E-state index in [-0.39, 0.29) is 24.8 Å². The highest BCUT2D eigenvalue weighted by Gasteiger charge is 2.44. The number of nitrogens with zero attached hydrogens (tertiary/aromatic N) is 3. The molecule has 2 aromatic heterocycles. The molecule has 3 aromatic rings. The molecule has 0 radical (unpaired) electrons. The molecule has 0 aliphatic rings. The van der Waals surface area contributed by atoms with E-state index in [1.165, 1.54) is 24.5 Å². The Balaban J connectivity index is 1.69. The second-order valence-electron chi connectivity index (χ2n) is 6.56. The molecule has 0 saturated carbocycles. The summed E-state index contributed by atoms with van der Waals surface area (Å²) in [5, 5.41) is 5.63. The molecule has 1 aromatic carbocycles. The fourth-order valence-electron chi connectivity index (χ4n) is 2.58. The first kappa shape index (κ1) is 25.3. The van der Waals surface area contributed by atoms with E-state index in [2.05, 4.69) is 34.8 Å². The number of phosphoric acid groups is 1. The van der Waals surface area contributed by atoms with Crippen LogP contribution in [0.1, 0.15) is 0 Å². The molecular weight excluding hydrogens is 485 g/mol. The molecule has 0 amide bonds. The maximum absolute atomic E-state index is 13.1. The number of hydrogen-bond acceptors (Lipinski definition) is 8. The SMILES string of the molecule is O=P(O)(O)OCCNc1cc(-c2ccnc(Nc3cccc(OC(F)(F)C(F)F)c3)n2)ccn1. The second kappa shape index (κ2) is 10.7. The largest absolute Gasteiger partial charge is 0.469 e. The zero-order valence-electron chi connectivity index (χ0n) is 17.1. The number of phosphoric ester groups is 1. The fourth-order valence-corrected chi connectivity index (χ4v) is 2.91. The highest BCUT2D eigenvalue weighted by Crippen LogP contribution is 2.35. The number of hydrogen-bond donors (Lipinski definition) is 4. The summed E-state index contributed by atoms with van der Waals surface area (Å²) in [6, 6.07) is 9.91. The molecule has 10 nitrogen and oxygen atoms in total. The normalized spacial score (nSPS) is 12.0. The summed E-state index contributed by atoms with van der Waals surface area (Å²) in [7, 11) is -4.56. The van der Waals surface area contributed by atoms with Gasteiger partial charge in [0.05, 0.1) is 12.3 Å². The van der Waals surface area contributed by atoms with Gasteiger partial charge in [0, 0.05) is 36.3 Å². The average Bonchev–Trinajstić information content (AvgIpc) is 2.76. The lowest BCUT2D eigenvalue weighted by molar-refractivity contribution is -0.253. The van der Waals surface area contributed by atoms with Crippen molar-refractivity contribution < 1.29 is 41.2 Å². The van der Waals surface area contributed by atoms with Crippen molar-refractivity contribution in [3.63, 3.8) is 0 Å². The van der Waals surface area contributed by atoms with Gasteiger partial charge in [-0.15, -0.1) is 0 Å². The molecule has 2 heterocycles. The van der Waals surface area contributed by atoms with Gasteiger partial charge in [0.15, 0.2) is 0 Å². The van der Waals surface area contributed by atoms with Crippen LogP contribution in [0.25, 0.3) is 11.3 Å². The molecule has 182 valence electrons. The van der Waals surface area contributed by atoms with E-state index in [0.29, 0.717) is 17.1 Å². The Morgan fingerprint density at radius 2 is 1.85 bits per heavy atom. The van der Waals surface area contributed by atoms with Gasteiger partial charge in [-0.2, -0.15) is 17.6 Å². The highest BCUT2D eigenvalue weighted by molar-refractivity contribution is 7.46. The summed E-state index contributed by atoms with van der Waals surface area (Å²) in [4.78, 5) is 29.8. The molecule has 0 aliphatic heterocycles. The lowest BCUT2D eigenvalue weighted by Gasteiger charge is -2.17. The van der Waals surface area contributed by atoms with Crippen molar-refractivity contribution in [3.05, 3.63) is 54.9 Å². The van der Waals surface area contributed by atoms with Crippen LogP contribution in [0, 0.1) is 0 Å². The van der Waals surface area contributed by atoms with Crippen LogP contribution in [0.5, 0.6) is 5.75 Å². The fraction of sp³-hybridized carbons (Fsp3) is 0.211. The third kappa shape index (κ3) is 7.63. The summed E-state index contributed by atoms with van der Waals surface area (Å²) >= 11 is 0. The number of ether oxygens (including phenoxy) is 1. The summed E-state index contributed by atoms with van der Waals surface area (Å²) in [6.07, 6.45) is -5.69. The van der Waals surface area contributed by atoms with Crippen LogP contribution < -0.4 is 15.4 Å². The Morgan fingerprint density at radius 3 is 2.59 bits per heavy atom. The molecule has 15 heteroatoms. The number of benzene rings is 1. The van der Waals surface area contributed by atoms with Crippen molar-refractivity contribution in [2.45, 2.75) is 12.5 Å². The van der Waals surface area contributed by atoms with Crippen LogP contribution >= 0.6 is 7.82 Å². The predicted octanol–water partition coefficient (Wildman–Crippen LogP) is 4.04. The molecule has 0 spiro atoms. The van der Waals surface area contributed by atoms with Crippen molar-refractivity contribution in [3.8, 4) is 17.0 Å². The van der Waals surface area contributed by atoms with Gasteiger partial charge in [-0.3, -0.25) is 4.52 Å². The summed E-state index contributed by atoms with van der Waals surface area (Å²) in [5.74, 6) is 0.0143. The molecule has 0 saturated heterocycles. The monoisotopic (exact) mass is 503 g/mol. The Labute approximate surface area is 190 Å². The van der Waals surface area contributed by atoms with Gasteiger partial charge in [-0.05, 0) is 30.3 Å². The first-order valence-corrected chi connectivity index (χ1v) is 11.0. The lowest BCUT2D eigenvalue weighted by Crippen LogP contribution is -2.33. The minimum Gasteiger partial charge on any atom is -0.428 e. The summed E-state index contributed by atoms with van der Waals surface area (Å²) < 4.78 is 70.1. The maximum atomic E-state index is 13.1. The van der Waals surface area contributed by atoms with E-state index in [1.807, 2.05) is 0 Å². The van der Waals surface area contributed by atoms with Gasteiger partial charge in [-0.1, -0.05) is 6.07 Å². The maximum Gasteiger partial charge on any atom is 0.469 e. The van der Waals surface area contributed by atoms with Crippen LogP contribution in [0.15, 0.2) is 54.9 Å². The molecule has 0 atom stereocenters. The molecule has 4 N–H and O–H groups in total. The van der Waals surface area contributed by atoms with Gasteiger partial charge in [0.1, 0.15) is 11.6 Å². The molecule has 0 unspecified atom stereocenters. The van der Waals surface area contributed by atoms with E-state index in [1.54, 1.807) is 18.2 Å². The standard InChI is InChI=1S/C19H18F4N5O5P/c20-17(21)19(22,23)33-14-3-1-2-13(11-14)27-18-26-7-5-15(28-18)12-4-6-24-16(10-12)25-8-9-32-34(29,30)31/h1-7,10-11,17H,8-9H2,(H,24,25)(H,26,27,28)(H2,29,30,31). The van der Waals surface area contributed by atoms with Gasteiger partial charge in [-0.25, -0.2) is 19.5 Å². The molecule has 0 aliphatic carbocycles. The second-order valence-corrected chi connectivity index (χ2v) is 7.80. The van der Waals surface area contributed by atoms with Crippen LogP contribution in [0.3, 0.4) is 0 Å². The van der Waals surface area contributed by atoms with Crippen molar-refractivity contribution in [1.29, 1.82) is 0 Å². The van der Waals surface area contributed by atoms with E-state index in [4.69, 9.17) is 9.79 Å². The molecular formula is C19H18F4N5O5P. The zero-order chi connectivity index (χ0) is 24.8. The average molecular weight is 503 g/mol. The van der Waals surface area contributed by atoms with Crippen LogP contribution in [0.2, 0.25) is 0 Å². The van der Waals surface area contributed by atoms with Crippen LogP contribution in [-0.2, 0) is 9.09 Å². The number of alkyl halides is 4. The van der Waals surface area contributed by atoms with Crippen molar-refractivity contribution in [1.82, 2.24) is 15.0 Å². The first-order chi connectivity index (χ1) is 16.0. The van der Waals surface area contributed by atoms with Gasteiger partial charge in [0.25, 0.3) is 0 Å². The lowest BCUT2D eigenvalue weighted by atomic mass is 10.2. The highest BCUT2D eigenvalue weighted by atomic mass is 31.2. The van der Waals surface area contributed by atoms with E-state index in [9.17, 15) is 22.1 Å². The number of halogens is 4. The Kier molecular flexibility index (Phi) is 7.99. The van der Waals surface area contributed by atoms with Gasteiger partial charge in [0.2, 0.25) is 5.95 Å². The van der Waals surface area contributed by atoms with Gasteiger partial charge < -0.3 is 25.2 Å². The Bertz CT molecular complexity index is 1170. The van der Waals surface area contributed by atoms with Crippen LogP contribution in [0.4, 0.5) is 35.0 Å². The Hall–Kier alpha value is -3.32. The van der Waals surface area contributed by atoms with Crippen molar-refractivity contribution in [2.24, 2.45) is 0 Å². The summed E-state index contributed by atoms with van der Waals surface area (Å²) in [6.45, 7) is -0.162. The summed E-state index contributed by atoms with van der Waals surface area (Å²) in [5.41, 5.74) is 1.31. The number of pyridine rings is 1. The number of aromatic nitrogens is 3. The van der Waals surface area contributed by atoms with E-state index in [0.717, 1.165) is 12.1 Å². The predicted molar refractivity (Wildman–Crippen MR) is 113 cm³/mol. The molecule has 3 rings (SSSR count). The van der Waals surface area contributed by atoms with Crippen molar-refractivity contribution in [2.75, 3.05) is 23.8 Å². The molecule has 0 fully saturated rings. The number of nitrogens with one attached hydrogen (secondary N) is 2. The minimum absolute atomic E-state index is 0.0845. The number of anilines is 3. The smallest absolute Gasteiger partial charge is 0.428 e. The third-order valence-electron chi connectivity index (χ3n) is 3.98.